The predicted octanol–water partition coefficient (Wildman–Crippen LogP) is -4.58. The van der Waals surface area contributed by atoms with Crippen LogP contribution in [0.3, 0.4) is 0 Å². The van der Waals surface area contributed by atoms with E-state index in [9.17, 15) is 39.7 Å². The number of phosphoric acid groups is 1. The highest BCUT2D eigenvalue weighted by Crippen LogP contribution is 2.38. The van der Waals surface area contributed by atoms with E-state index in [1.165, 1.54) is 0 Å². The van der Waals surface area contributed by atoms with Crippen molar-refractivity contribution in [3.63, 3.8) is 0 Å². The Morgan fingerprint density at radius 2 is 1.67 bits per heavy atom. The minimum atomic E-state index is -4.89. The third-order valence-corrected chi connectivity index (χ3v) is 5.35. The third-order valence-electron chi connectivity index (χ3n) is 4.86. The van der Waals surface area contributed by atoms with Crippen molar-refractivity contribution in [2.75, 3.05) is 13.2 Å². The van der Waals surface area contributed by atoms with Gasteiger partial charge in [0.25, 0.3) is 5.56 Å². The highest BCUT2D eigenvalue weighted by atomic mass is 31.2. The van der Waals surface area contributed by atoms with E-state index >= 15 is 0 Å². The Bertz CT molecular complexity index is 927. The largest absolute Gasteiger partial charge is 0.469 e. The van der Waals surface area contributed by atoms with Crippen molar-refractivity contribution < 1.29 is 53.9 Å². The molecule has 0 radical (unpaired) electrons. The molecule has 2 fully saturated rings. The molecule has 8 atom stereocenters. The number of H-pyrrole nitrogens is 1. The molecule has 2 aliphatic heterocycles. The van der Waals surface area contributed by atoms with E-state index in [0.717, 1.165) is 6.20 Å². The summed E-state index contributed by atoms with van der Waals surface area (Å²) in [6.07, 6.45) is -11.3. The summed E-state index contributed by atoms with van der Waals surface area (Å²) in [7, 11) is -4.89. The van der Waals surface area contributed by atoms with Crippen molar-refractivity contribution in [2.45, 2.75) is 49.0 Å². The van der Waals surface area contributed by atoms with Gasteiger partial charge in [0.15, 0.2) is 6.23 Å². The lowest BCUT2D eigenvalue weighted by molar-refractivity contribution is -0.0553. The van der Waals surface area contributed by atoms with E-state index in [1.807, 2.05) is 4.98 Å². The van der Waals surface area contributed by atoms with E-state index in [-0.39, 0.29) is 5.56 Å². The molecule has 0 bridgehead atoms. The summed E-state index contributed by atoms with van der Waals surface area (Å²) in [5.41, 5.74) is -2.37. The standard InChI is InChI=1S/C14H21N2O13P/c17-2-5-7(18)9(20)11(28-5)4-1-16(14(23)15-12(4)22)13-10(21)8(19)6(29-13)3-27-30(24,25)26/h1,5-11,13,17-21H,2-3H2,(H,15,22,23)(H2,24,25,26)/t5-,6-,7-,8-,9-,10-,11?,13-/m1/s1. The Morgan fingerprint density at radius 1 is 1.03 bits per heavy atom. The van der Waals surface area contributed by atoms with Crippen LogP contribution < -0.4 is 11.2 Å². The summed E-state index contributed by atoms with van der Waals surface area (Å²) in [5.74, 6) is 0. The summed E-state index contributed by atoms with van der Waals surface area (Å²) < 4.78 is 26.3. The Morgan fingerprint density at radius 3 is 2.23 bits per heavy atom. The van der Waals surface area contributed by atoms with Crippen LogP contribution in [0, 0.1) is 0 Å². The molecule has 0 amide bonds. The number of aromatic amines is 1. The van der Waals surface area contributed by atoms with Gasteiger partial charge in [-0.2, -0.15) is 0 Å². The quantitative estimate of drug-likeness (QED) is 0.188. The fourth-order valence-corrected chi connectivity index (χ4v) is 3.66. The lowest BCUT2D eigenvalue weighted by atomic mass is 10.0. The first kappa shape index (κ1) is 23.2. The first-order valence-corrected chi connectivity index (χ1v) is 10.2. The predicted molar refractivity (Wildman–Crippen MR) is 92.0 cm³/mol. The van der Waals surface area contributed by atoms with Crippen LogP contribution in [-0.2, 0) is 18.6 Å². The van der Waals surface area contributed by atoms with Crippen molar-refractivity contribution in [3.05, 3.63) is 32.6 Å². The average Bonchev–Trinajstić information content (AvgIpc) is 3.10. The second kappa shape index (κ2) is 8.57. The summed E-state index contributed by atoms with van der Waals surface area (Å²) in [6, 6.07) is 0. The maximum absolute atomic E-state index is 12.2. The van der Waals surface area contributed by atoms with Gasteiger partial charge in [0.05, 0.1) is 18.8 Å². The van der Waals surface area contributed by atoms with Crippen molar-refractivity contribution in [1.29, 1.82) is 0 Å². The summed E-state index contributed by atoms with van der Waals surface area (Å²) in [5, 5.41) is 49.4. The molecule has 3 heterocycles. The molecule has 15 nitrogen and oxygen atoms in total. The molecular weight excluding hydrogens is 435 g/mol. The molecule has 2 saturated heterocycles. The third kappa shape index (κ3) is 4.42. The van der Waals surface area contributed by atoms with E-state index in [4.69, 9.17) is 19.3 Å². The zero-order valence-corrected chi connectivity index (χ0v) is 16.0. The molecule has 2 aliphatic rings. The second-order valence-electron chi connectivity index (χ2n) is 6.84. The van der Waals surface area contributed by atoms with Crippen LogP contribution in [0.15, 0.2) is 15.8 Å². The number of hydrogen-bond acceptors (Lipinski definition) is 11. The Hall–Kier alpha value is -1.49. The van der Waals surface area contributed by atoms with Crippen LogP contribution in [-0.4, -0.2) is 94.7 Å². The van der Waals surface area contributed by atoms with Crippen LogP contribution in [0.5, 0.6) is 0 Å². The molecule has 0 saturated carbocycles. The van der Waals surface area contributed by atoms with Gasteiger partial charge in [-0.3, -0.25) is 18.9 Å². The maximum atomic E-state index is 12.2. The number of phosphoric ester groups is 1. The number of ether oxygens (including phenoxy) is 2. The second-order valence-corrected chi connectivity index (χ2v) is 8.08. The van der Waals surface area contributed by atoms with Gasteiger partial charge in [-0.15, -0.1) is 0 Å². The van der Waals surface area contributed by atoms with Gasteiger partial charge in [0.2, 0.25) is 0 Å². The van der Waals surface area contributed by atoms with Gasteiger partial charge in [0, 0.05) is 6.20 Å². The molecular formula is C14H21N2O13P. The number of nitrogens with zero attached hydrogens (tertiary/aromatic N) is 1. The topological polar surface area (TPSA) is 241 Å². The average molecular weight is 456 g/mol. The van der Waals surface area contributed by atoms with E-state index in [1.54, 1.807) is 0 Å². The molecule has 0 spiro atoms. The molecule has 8 N–H and O–H groups in total. The number of rotatable bonds is 6. The van der Waals surface area contributed by atoms with Crippen LogP contribution in [0.1, 0.15) is 17.9 Å². The van der Waals surface area contributed by atoms with Gasteiger partial charge in [-0.05, 0) is 0 Å². The zero-order valence-electron chi connectivity index (χ0n) is 15.1. The summed E-state index contributed by atoms with van der Waals surface area (Å²) in [6.45, 7) is -1.46. The monoisotopic (exact) mass is 456 g/mol. The molecule has 3 rings (SSSR count). The Kier molecular flexibility index (Phi) is 6.62. The first-order valence-electron chi connectivity index (χ1n) is 8.64. The highest BCUT2D eigenvalue weighted by Gasteiger charge is 2.47. The molecule has 1 unspecified atom stereocenters. The molecule has 30 heavy (non-hydrogen) atoms. The van der Waals surface area contributed by atoms with Crippen LogP contribution in [0.2, 0.25) is 0 Å². The van der Waals surface area contributed by atoms with Crippen LogP contribution in [0.25, 0.3) is 0 Å². The molecule has 16 heteroatoms. The van der Waals surface area contributed by atoms with E-state index in [2.05, 4.69) is 4.52 Å². The number of aliphatic hydroxyl groups excluding tert-OH is 5. The fraction of sp³-hybridized carbons (Fsp3) is 0.714. The summed E-state index contributed by atoms with van der Waals surface area (Å²) in [4.78, 5) is 43.9. The van der Waals surface area contributed by atoms with Crippen molar-refractivity contribution in [3.8, 4) is 0 Å². The van der Waals surface area contributed by atoms with Gasteiger partial charge >= 0.3 is 13.5 Å². The smallest absolute Gasteiger partial charge is 0.394 e. The van der Waals surface area contributed by atoms with Gasteiger partial charge < -0.3 is 44.8 Å². The minimum absolute atomic E-state index is 0.336. The van der Waals surface area contributed by atoms with Crippen molar-refractivity contribution in [1.82, 2.24) is 9.55 Å². The zero-order chi connectivity index (χ0) is 22.4. The number of nitrogens with one attached hydrogen (secondary N) is 1. The number of aliphatic hydroxyl groups is 5. The van der Waals surface area contributed by atoms with Crippen LogP contribution in [0.4, 0.5) is 0 Å². The van der Waals surface area contributed by atoms with Gasteiger partial charge in [-0.1, -0.05) is 0 Å². The molecule has 0 aromatic carbocycles. The Balaban J connectivity index is 1.90. The molecule has 170 valence electrons. The number of aromatic nitrogens is 2. The van der Waals surface area contributed by atoms with Gasteiger partial charge in [0.1, 0.15) is 42.7 Å². The maximum Gasteiger partial charge on any atom is 0.469 e. The number of hydrogen-bond donors (Lipinski definition) is 8. The molecule has 1 aromatic rings. The highest BCUT2D eigenvalue weighted by molar-refractivity contribution is 7.46. The first-order chi connectivity index (χ1) is 13.9. The SMILES string of the molecule is O=c1[nH]c(=O)n([C@@H]2O[C@H](COP(=O)(O)O)[C@@H](O)[C@H]2O)cc1C1O[C@H](CO)[C@@H](O)[C@H]1O. The molecule has 1 aromatic heterocycles. The lowest BCUT2D eigenvalue weighted by Gasteiger charge is -2.20. The lowest BCUT2D eigenvalue weighted by Crippen LogP contribution is -2.40. The van der Waals surface area contributed by atoms with E-state index in [0.29, 0.717) is 4.57 Å². The summed E-state index contributed by atoms with van der Waals surface area (Å²) >= 11 is 0. The van der Waals surface area contributed by atoms with Crippen LogP contribution >= 0.6 is 7.82 Å². The van der Waals surface area contributed by atoms with Crippen molar-refractivity contribution in [2.24, 2.45) is 0 Å². The van der Waals surface area contributed by atoms with E-state index < -0.39 is 81.2 Å². The Labute approximate surface area is 166 Å². The normalized spacial score (nSPS) is 37.0. The molecule has 0 aliphatic carbocycles. The fourth-order valence-electron chi connectivity index (χ4n) is 3.32. The minimum Gasteiger partial charge on any atom is -0.394 e. The van der Waals surface area contributed by atoms with Gasteiger partial charge in [-0.25, -0.2) is 9.36 Å². The van der Waals surface area contributed by atoms with Crippen molar-refractivity contribution >= 4 is 7.82 Å².